The molecule has 1 fully saturated rings. The number of thiophene rings is 1. The first kappa shape index (κ1) is 23.6. The van der Waals surface area contributed by atoms with E-state index in [9.17, 15) is 9.59 Å². The number of fused-ring (bicyclic) bond motifs is 1. The molecule has 1 saturated heterocycles. The molecule has 1 aliphatic heterocycles. The molecule has 1 amide bonds. The number of hydrogen-bond acceptors (Lipinski definition) is 7. The highest BCUT2D eigenvalue weighted by Gasteiger charge is 2.28. The second kappa shape index (κ2) is 11.0. The Kier molecular flexibility index (Phi) is 7.88. The monoisotopic (exact) mass is 471 g/mol. The molecule has 1 aromatic carbocycles. The number of carbonyl (C=O) groups excluding carboxylic acids is 2. The fraction of sp³-hybridized carbons (Fsp3) is 0.520. The van der Waals surface area contributed by atoms with Gasteiger partial charge in [0.05, 0.1) is 31.0 Å². The molecule has 1 N–H and O–H groups in total. The third kappa shape index (κ3) is 5.50. The standard InChI is InChI=1S/C25H33N3O4S/c1-3-31-20-11-7-6-10-19(20)28-15-13-27(14-16-28)17-22(29)26-24-23(25(30)32-4-2)18-9-5-8-12-21(18)33-24/h6-7,10-11H,3-5,8-9,12-17H2,1-2H3,(H,26,29). The fourth-order valence-electron chi connectivity index (χ4n) is 4.59. The molecule has 33 heavy (non-hydrogen) atoms. The minimum Gasteiger partial charge on any atom is -0.492 e. The SMILES string of the molecule is CCOC(=O)c1c(NC(=O)CN2CCN(c3ccccc3OCC)CC2)sc2c1CCCC2. The average molecular weight is 472 g/mol. The molecule has 1 aromatic heterocycles. The van der Waals surface area contributed by atoms with Crippen molar-refractivity contribution in [2.45, 2.75) is 39.5 Å². The number of carbonyl (C=O) groups is 2. The minimum absolute atomic E-state index is 0.0812. The highest BCUT2D eigenvalue weighted by Crippen LogP contribution is 2.38. The Labute approximate surface area is 199 Å². The van der Waals surface area contributed by atoms with E-state index in [1.54, 1.807) is 6.92 Å². The summed E-state index contributed by atoms with van der Waals surface area (Å²) >= 11 is 1.54. The summed E-state index contributed by atoms with van der Waals surface area (Å²) in [6.45, 7) is 8.32. The maximum Gasteiger partial charge on any atom is 0.341 e. The molecular formula is C25H33N3O4S. The third-order valence-electron chi connectivity index (χ3n) is 6.15. The average Bonchev–Trinajstić information content (AvgIpc) is 3.18. The number of aryl methyl sites for hydroxylation is 1. The third-order valence-corrected chi connectivity index (χ3v) is 7.36. The number of benzene rings is 1. The van der Waals surface area contributed by atoms with Gasteiger partial charge in [0.1, 0.15) is 10.8 Å². The summed E-state index contributed by atoms with van der Waals surface area (Å²) in [7, 11) is 0. The number of ether oxygens (including phenoxy) is 2. The predicted octanol–water partition coefficient (Wildman–Crippen LogP) is 3.96. The Morgan fingerprint density at radius 1 is 1.03 bits per heavy atom. The van der Waals surface area contributed by atoms with E-state index in [0.717, 1.165) is 68.9 Å². The zero-order valence-electron chi connectivity index (χ0n) is 19.5. The zero-order valence-corrected chi connectivity index (χ0v) is 20.3. The van der Waals surface area contributed by atoms with Gasteiger partial charge >= 0.3 is 5.97 Å². The summed E-state index contributed by atoms with van der Waals surface area (Å²) in [6, 6.07) is 8.10. The van der Waals surface area contributed by atoms with Gasteiger partial charge in [0, 0.05) is 31.1 Å². The largest absolute Gasteiger partial charge is 0.492 e. The second-order valence-electron chi connectivity index (χ2n) is 8.35. The van der Waals surface area contributed by atoms with Crippen molar-refractivity contribution in [1.82, 2.24) is 4.90 Å². The van der Waals surface area contributed by atoms with E-state index >= 15 is 0 Å². The van der Waals surface area contributed by atoms with Crippen molar-refractivity contribution in [3.05, 3.63) is 40.3 Å². The maximum atomic E-state index is 12.9. The molecule has 0 atom stereocenters. The molecule has 0 saturated carbocycles. The lowest BCUT2D eigenvalue weighted by Gasteiger charge is -2.36. The molecule has 7 nitrogen and oxygen atoms in total. The van der Waals surface area contributed by atoms with Crippen LogP contribution in [0, 0.1) is 0 Å². The summed E-state index contributed by atoms with van der Waals surface area (Å²) in [6.07, 6.45) is 4.04. The lowest BCUT2D eigenvalue weighted by Crippen LogP contribution is -2.48. The Morgan fingerprint density at radius 3 is 2.55 bits per heavy atom. The van der Waals surface area contributed by atoms with Gasteiger partial charge in [-0.15, -0.1) is 11.3 Å². The minimum atomic E-state index is -0.325. The number of piperazine rings is 1. The molecule has 4 rings (SSSR count). The highest BCUT2D eigenvalue weighted by molar-refractivity contribution is 7.17. The van der Waals surface area contributed by atoms with Gasteiger partial charge in [-0.05, 0) is 57.2 Å². The number of hydrogen-bond donors (Lipinski definition) is 1. The molecule has 1 aliphatic carbocycles. The zero-order chi connectivity index (χ0) is 23.2. The number of esters is 1. The first-order valence-electron chi connectivity index (χ1n) is 11.9. The van der Waals surface area contributed by atoms with Crippen LogP contribution in [0.3, 0.4) is 0 Å². The Balaban J connectivity index is 1.37. The smallest absolute Gasteiger partial charge is 0.341 e. The molecule has 2 aliphatic rings. The first-order chi connectivity index (χ1) is 16.1. The number of amides is 1. The molecule has 8 heteroatoms. The van der Waals surface area contributed by atoms with Crippen LogP contribution >= 0.6 is 11.3 Å². The van der Waals surface area contributed by atoms with Crippen molar-refractivity contribution < 1.29 is 19.1 Å². The molecule has 0 bridgehead atoms. The van der Waals surface area contributed by atoms with Crippen molar-refractivity contribution in [1.29, 1.82) is 0 Å². The van der Waals surface area contributed by atoms with Crippen molar-refractivity contribution in [2.24, 2.45) is 0 Å². The van der Waals surface area contributed by atoms with Crippen LogP contribution in [0.25, 0.3) is 0 Å². The highest BCUT2D eigenvalue weighted by atomic mass is 32.1. The van der Waals surface area contributed by atoms with E-state index in [1.165, 1.54) is 16.2 Å². The van der Waals surface area contributed by atoms with Crippen LogP contribution in [0.2, 0.25) is 0 Å². The summed E-state index contributed by atoms with van der Waals surface area (Å²) < 4.78 is 11.1. The number of para-hydroxylation sites is 2. The topological polar surface area (TPSA) is 71.1 Å². The van der Waals surface area contributed by atoms with E-state index < -0.39 is 0 Å². The van der Waals surface area contributed by atoms with Crippen molar-refractivity contribution >= 4 is 33.9 Å². The van der Waals surface area contributed by atoms with Crippen molar-refractivity contribution in [3.8, 4) is 5.75 Å². The number of nitrogens with one attached hydrogen (secondary N) is 1. The summed E-state index contributed by atoms with van der Waals surface area (Å²) in [5.41, 5.74) is 2.75. The Hall–Kier alpha value is -2.58. The molecular weight excluding hydrogens is 438 g/mol. The van der Waals surface area contributed by atoms with Crippen LogP contribution in [-0.4, -0.2) is 62.7 Å². The quantitative estimate of drug-likeness (QED) is 0.588. The van der Waals surface area contributed by atoms with Crippen molar-refractivity contribution in [2.75, 3.05) is 56.2 Å². The van der Waals surface area contributed by atoms with E-state index in [4.69, 9.17) is 9.47 Å². The van der Waals surface area contributed by atoms with Gasteiger partial charge in [-0.25, -0.2) is 4.79 Å². The van der Waals surface area contributed by atoms with Crippen LogP contribution in [0.4, 0.5) is 10.7 Å². The van der Waals surface area contributed by atoms with E-state index in [0.29, 0.717) is 30.3 Å². The van der Waals surface area contributed by atoms with Gasteiger partial charge in [-0.1, -0.05) is 12.1 Å². The van der Waals surface area contributed by atoms with Crippen LogP contribution in [0.15, 0.2) is 24.3 Å². The van der Waals surface area contributed by atoms with Crippen LogP contribution in [0.1, 0.15) is 47.5 Å². The second-order valence-corrected chi connectivity index (χ2v) is 9.45. The molecule has 178 valence electrons. The van der Waals surface area contributed by atoms with Gasteiger partial charge in [0.25, 0.3) is 0 Å². The van der Waals surface area contributed by atoms with Crippen molar-refractivity contribution in [3.63, 3.8) is 0 Å². The van der Waals surface area contributed by atoms with Gasteiger partial charge in [0.2, 0.25) is 5.91 Å². The molecule has 0 unspecified atom stereocenters. The van der Waals surface area contributed by atoms with E-state index in [2.05, 4.69) is 21.2 Å². The number of rotatable bonds is 8. The molecule has 0 spiro atoms. The molecule has 2 aromatic rings. The summed E-state index contributed by atoms with van der Waals surface area (Å²) in [4.78, 5) is 31.2. The summed E-state index contributed by atoms with van der Waals surface area (Å²) in [5.74, 6) is 0.496. The fourth-order valence-corrected chi connectivity index (χ4v) is 5.88. The van der Waals surface area contributed by atoms with Crippen LogP contribution in [0.5, 0.6) is 5.75 Å². The Morgan fingerprint density at radius 2 is 1.79 bits per heavy atom. The lowest BCUT2D eigenvalue weighted by atomic mass is 9.95. The number of anilines is 2. The normalized spacial score (nSPS) is 16.2. The maximum absolute atomic E-state index is 12.9. The summed E-state index contributed by atoms with van der Waals surface area (Å²) in [5, 5.41) is 3.67. The lowest BCUT2D eigenvalue weighted by molar-refractivity contribution is -0.117. The predicted molar refractivity (Wildman–Crippen MR) is 132 cm³/mol. The van der Waals surface area contributed by atoms with Crippen LogP contribution in [-0.2, 0) is 22.4 Å². The van der Waals surface area contributed by atoms with E-state index in [-0.39, 0.29) is 11.9 Å². The van der Waals surface area contributed by atoms with Gasteiger partial charge in [-0.3, -0.25) is 9.69 Å². The molecule has 0 radical (unpaired) electrons. The van der Waals surface area contributed by atoms with Gasteiger partial charge in [-0.2, -0.15) is 0 Å². The molecule has 2 heterocycles. The Bertz CT molecular complexity index is 982. The first-order valence-corrected chi connectivity index (χ1v) is 12.7. The number of nitrogens with zero attached hydrogens (tertiary/aromatic N) is 2. The van der Waals surface area contributed by atoms with Gasteiger partial charge < -0.3 is 19.7 Å². The van der Waals surface area contributed by atoms with E-state index in [1.807, 2.05) is 25.1 Å². The van der Waals surface area contributed by atoms with Crippen LogP contribution < -0.4 is 15.0 Å². The van der Waals surface area contributed by atoms with Gasteiger partial charge in [0.15, 0.2) is 0 Å².